The monoisotopic (exact) mass is 240 g/mol. The van der Waals surface area contributed by atoms with E-state index >= 15 is 0 Å². The number of alkyl halides is 1. The Bertz CT molecular complexity index is 235. The first-order valence-electron chi connectivity index (χ1n) is 4.47. The predicted octanol–water partition coefficient (Wildman–Crippen LogP) is 0.337. The molecule has 2 atom stereocenters. The van der Waals surface area contributed by atoms with Crippen molar-refractivity contribution in [1.82, 2.24) is 0 Å². The molecule has 0 amide bonds. The van der Waals surface area contributed by atoms with Crippen LogP contribution in [0.1, 0.15) is 6.92 Å². The van der Waals surface area contributed by atoms with Gasteiger partial charge in [0.25, 0.3) is 5.79 Å². The number of aliphatic hydroxyl groups is 1. The van der Waals surface area contributed by atoms with Gasteiger partial charge >= 0.3 is 0 Å². The third-order valence-corrected chi connectivity index (χ3v) is 3.61. The van der Waals surface area contributed by atoms with Gasteiger partial charge in [0.1, 0.15) is 11.0 Å². The number of hydrogen-bond donors (Lipinski definition) is 1. The largest absolute Gasteiger partial charge is 0.385 e. The molecule has 90 valence electrons. The van der Waals surface area contributed by atoms with Gasteiger partial charge in [-0.3, -0.25) is 0 Å². The molecule has 5 nitrogen and oxygen atoms in total. The van der Waals surface area contributed by atoms with Crippen molar-refractivity contribution in [3.05, 3.63) is 0 Å². The van der Waals surface area contributed by atoms with Crippen LogP contribution in [-0.2, 0) is 18.9 Å². The van der Waals surface area contributed by atoms with Gasteiger partial charge in [-0.2, -0.15) is 0 Å². The maximum absolute atomic E-state index is 9.94. The lowest BCUT2D eigenvalue weighted by atomic mass is 9.68. The highest BCUT2D eigenvalue weighted by atomic mass is 35.5. The number of aliphatic hydroxyl groups excluding tert-OH is 1. The van der Waals surface area contributed by atoms with Crippen molar-refractivity contribution in [2.75, 3.05) is 28.4 Å². The summed E-state index contributed by atoms with van der Waals surface area (Å²) >= 11 is 6.16. The van der Waals surface area contributed by atoms with Gasteiger partial charge in [-0.1, -0.05) is 0 Å². The van der Waals surface area contributed by atoms with Crippen molar-refractivity contribution < 1.29 is 24.1 Å². The summed E-state index contributed by atoms with van der Waals surface area (Å²) in [4.78, 5) is -1.14. The molecule has 15 heavy (non-hydrogen) atoms. The molecule has 1 rings (SSSR count). The van der Waals surface area contributed by atoms with Gasteiger partial charge in [-0.05, 0) is 6.92 Å². The van der Waals surface area contributed by atoms with E-state index in [9.17, 15) is 5.11 Å². The maximum atomic E-state index is 9.94. The highest BCUT2D eigenvalue weighted by Gasteiger charge is 2.82. The number of halogens is 1. The van der Waals surface area contributed by atoms with Gasteiger partial charge in [0.05, 0.1) is 0 Å². The van der Waals surface area contributed by atoms with Gasteiger partial charge in [-0.25, -0.2) is 0 Å². The van der Waals surface area contributed by atoms with Crippen molar-refractivity contribution in [3.8, 4) is 0 Å². The molecule has 0 bridgehead atoms. The Balaban J connectivity index is 3.19. The van der Waals surface area contributed by atoms with E-state index in [2.05, 4.69) is 0 Å². The van der Waals surface area contributed by atoms with Gasteiger partial charge in [-0.15, -0.1) is 11.6 Å². The first-order valence-corrected chi connectivity index (χ1v) is 4.85. The Morgan fingerprint density at radius 3 is 1.60 bits per heavy atom. The number of methoxy groups -OCH3 is 4. The molecule has 1 aliphatic carbocycles. The summed E-state index contributed by atoms with van der Waals surface area (Å²) < 4.78 is 20.8. The molecular formula is C9H17ClO5. The van der Waals surface area contributed by atoms with Gasteiger partial charge in [0.15, 0.2) is 0 Å². The summed E-state index contributed by atoms with van der Waals surface area (Å²) in [6.45, 7) is 1.60. The summed E-state index contributed by atoms with van der Waals surface area (Å²) in [5.41, 5.74) is 0. The smallest absolute Gasteiger partial charge is 0.254 e. The molecule has 0 spiro atoms. The Kier molecular flexibility index (Phi) is 3.36. The van der Waals surface area contributed by atoms with Crippen LogP contribution in [0.3, 0.4) is 0 Å². The summed E-state index contributed by atoms with van der Waals surface area (Å²) in [6, 6.07) is 0. The highest BCUT2D eigenvalue weighted by Crippen LogP contribution is 2.58. The van der Waals surface area contributed by atoms with Crippen LogP contribution in [0.4, 0.5) is 0 Å². The zero-order valence-electron chi connectivity index (χ0n) is 9.54. The molecular weight excluding hydrogens is 224 g/mol. The number of ether oxygens (including phenoxy) is 4. The lowest BCUT2D eigenvalue weighted by molar-refractivity contribution is -0.484. The molecule has 1 N–H and O–H groups in total. The summed E-state index contributed by atoms with van der Waals surface area (Å²) in [6.07, 6.45) is -1.05. The van der Waals surface area contributed by atoms with Crippen molar-refractivity contribution in [2.24, 2.45) is 0 Å². The molecule has 2 unspecified atom stereocenters. The average molecular weight is 241 g/mol. The van der Waals surface area contributed by atoms with E-state index in [0.717, 1.165) is 0 Å². The zero-order valence-corrected chi connectivity index (χ0v) is 10.3. The quantitative estimate of drug-likeness (QED) is 0.567. The van der Waals surface area contributed by atoms with Crippen molar-refractivity contribution >= 4 is 11.6 Å². The van der Waals surface area contributed by atoms with E-state index in [1.807, 2.05) is 0 Å². The summed E-state index contributed by atoms with van der Waals surface area (Å²) in [7, 11) is 5.63. The lowest BCUT2D eigenvalue weighted by Crippen LogP contribution is -2.88. The fourth-order valence-electron chi connectivity index (χ4n) is 2.32. The van der Waals surface area contributed by atoms with Crippen LogP contribution < -0.4 is 0 Å². The fraction of sp³-hybridized carbons (Fsp3) is 1.00. The number of rotatable bonds is 4. The molecule has 0 aromatic heterocycles. The zero-order chi connectivity index (χ0) is 11.9. The SMILES string of the molecule is COC1(OC)C(O)C(C)(Cl)C1(OC)OC. The molecule has 1 saturated carbocycles. The van der Waals surface area contributed by atoms with Gasteiger partial charge in [0, 0.05) is 28.4 Å². The fourth-order valence-corrected chi connectivity index (χ4v) is 2.75. The van der Waals surface area contributed by atoms with E-state index in [1.54, 1.807) is 6.92 Å². The molecule has 0 aromatic rings. The molecule has 0 aliphatic heterocycles. The van der Waals surface area contributed by atoms with E-state index in [0.29, 0.717) is 0 Å². The summed E-state index contributed by atoms with van der Waals surface area (Å²) in [5, 5.41) is 9.94. The van der Waals surface area contributed by atoms with E-state index in [-0.39, 0.29) is 0 Å². The van der Waals surface area contributed by atoms with Crippen LogP contribution in [0.5, 0.6) is 0 Å². The Morgan fingerprint density at radius 2 is 1.40 bits per heavy atom. The summed E-state index contributed by atoms with van der Waals surface area (Å²) in [5.74, 6) is -2.75. The molecule has 6 heteroatoms. The molecule has 0 saturated heterocycles. The van der Waals surface area contributed by atoms with Crippen LogP contribution in [-0.4, -0.2) is 56.1 Å². The topological polar surface area (TPSA) is 57.2 Å². The molecule has 1 aliphatic rings. The van der Waals surface area contributed by atoms with Crippen molar-refractivity contribution in [2.45, 2.75) is 29.5 Å². The van der Waals surface area contributed by atoms with Crippen molar-refractivity contribution in [1.29, 1.82) is 0 Å². The van der Waals surface area contributed by atoms with Crippen molar-refractivity contribution in [3.63, 3.8) is 0 Å². The first-order chi connectivity index (χ1) is 6.90. The second-order valence-electron chi connectivity index (χ2n) is 3.58. The minimum Gasteiger partial charge on any atom is -0.385 e. The first kappa shape index (κ1) is 13.2. The standard InChI is InChI=1S/C9H17ClO5/c1-7(10)6(11)8(12-2,13-3)9(7,14-4)15-5/h6,11H,1-5H3. The lowest BCUT2D eigenvalue weighted by Gasteiger charge is -2.65. The van der Waals surface area contributed by atoms with Crippen LogP contribution in [0.25, 0.3) is 0 Å². The Morgan fingerprint density at radius 1 is 1.00 bits per heavy atom. The second kappa shape index (κ2) is 3.84. The Labute approximate surface area is 94.2 Å². The van der Waals surface area contributed by atoms with Gasteiger partial charge in [0.2, 0.25) is 5.79 Å². The molecule has 1 fully saturated rings. The van der Waals surface area contributed by atoms with E-state index in [1.165, 1.54) is 28.4 Å². The predicted molar refractivity (Wildman–Crippen MR) is 53.8 cm³/mol. The Hall–Kier alpha value is 0.0900. The maximum Gasteiger partial charge on any atom is 0.254 e. The van der Waals surface area contributed by atoms with Gasteiger partial charge < -0.3 is 24.1 Å². The van der Waals surface area contributed by atoms with Crippen LogP contribution >= 0.6 is 11.6 Å². The normalized spacial score (nSPS) is 37.4. The minimum atomic E-state index is -1.41. The third kappa shape index (κ3) is 1.16. The highest BCUT2D eigenvalue weighted by molar-refractivity contribution is 6.26. The van der Waals surface area contributed by atoms with Crippen LogP contribution in [0, 0.1) is 0 Å². The number of hydrogen-bond acceptors (Lipinski definition) is 5. The molecule has 0 radical (unpaired) electrons. The van der Waals surface area contributed by atoms with Crippen LogP contribution in [0.15, 0.2) is 0 Å². The third-order valence-electron chi connectivity index (χ3n) is 3.16. The van der Waals surface area contributed by atoms with E-state index < -0.39 is 22.6 Å². The molecule has 0 aromatic carbocycles. The molecule has 0 heterocycles. The second-order valence-corrected chi connectivity index (χ2v) is 4.36. The minimum absolute atomic E-state index is 1.05. The van der Waals surface area contributed by atoms with E-state index in [4.69, 9.17) is 30.5 Å². The van der Waals surface area contributed by atoms with Crippen LogP contribution in [0.2, 0.25) is 0 Å². The average Bonchev–Trinajstić information content (AvgIpc) is 2.24.